The van der Waals surface area contributed by atoms with E-state index in [1.54, 1.807) is 0 Å². The lowest BCUT2D eigenvalue weighted by Gasteiger charge is -2.45. The fourth-order valence-corrected chi connectivity index (χ4v) is 5.59. The van der Waals surface area contributed by atoms with Gasteiger partial charge in [-0.15, -0.1) is 0 Å². The van der Waals surface area contributed by atoms with Crippen molar-refractivity contribution in [3.8, 4) is 0 Å². The molecule has 1 N–H and O–H groups in total. The van der Waals surface area contributed by atoms with Crippen molar-refractivity contribution in [3.63, 3.8) is 0 Å². The molecule has 164 valence electrons. The summed E-state index contributed by atoms with van der Waals surface area (Å²) in [6.07, 6.45) is 11.3. The Hall–Kier alpha value is -1.06. The lowest BCUT2D eigenvalue weighted by Crippen LogP contribution is -2.43. The van der Waals surface area contributed by atoms with E-state index in [1.807, 2.05) is 12.1 Å². The molecule has 29 heavy (non-hydrogen) atoms. The number of carbonyl (C=O) groups is 1. The molecule has 2 bridgehead atoms. The zero-order valence-electron chi connectivity index (χ0n) is 17.7. The normalized spacial score (nSPS) is 23.5. The van der Waals surface area contributed by atoms with Crippen molar-refractivity contribution < 1.29 is 4.79 Å². The van der Waals surface area contributed by atoms with Crippen LogP contribution in [-0.4, -0.2) is 37.0 Å². The summed E-state index contributed by atoms with van der Waals surface area (Å²) in [7, 11) is 0. The van der Waals surface area contributed by atoms with Crippen LogP contribution < -0.4 is 5.32 Å². The molecule has 0 heterocycles. The number of halogens is 1. The molecule has 0 saturated heterocycles. The third kappa shape index (κ3) is 6.46. The molecule has 1 aromatic carbocycles. The molecule has 3 rings (SSSR count). The third-order valence-electron chi connectivity index (χ3n) is 7.09. The van der Waals surface area contributed by atoms with Gasteiger partial charge in [0.1, 0.15) is 0 Å². The number of rotatable bonds is 9. The molecule has 0 aromatic heterocycles. The first-order chi connectivity index (χ1) is 13.5. The number of aryl methyl sites for hydroxylation is 1. The van der Waals surface area contributed by atoms with Gasteiger partial charge >= 0.3 is 0 Å². The molecule has 0 radical (unpaired) electrons. The van der Waals surface area contributed by atoms with Gasteiger partial charge in [0, 0.05) is 6.54 Å². The summed E-state index contributed by atoms with van der Waals surface area (Å²) in [5.41, 5.74) is 2.18. The highest BCUT2D eigenvalue weighted by atomic mass is 35.5. The van der Waals surface area contributed by atoms with Crippen molar-refractivity contribution in [3.05, 3.63) is 34.3 Å². The topological polar surface area (TPSA) is 32.3 Å². The van der Waals surface area contributed by atoms with E-state index in [4.69, 9.17) is 11.6 Å². The monoisotopic (exact) mass is 420 g/mol. The van der Waals surface area contributed by atoms with Crippen molar-refractivity contribution in [2.45, 2.75) is 79.1 Å². The molecule has 2 aliphatic rings. The van der Waals surface area contributed by atoms with Crippen molar-refractivity contribution in [2.24, 2.45) is 11.3 Å². The maximum absolute atomic E-state index is 12.9. The van der Waals surface area contributed by atoms with Gasteiger partial charge in [-0.1, -0.05) is 64.6 Å². The van der Waals surface area contributed by atoms with Crippen LogP contribution in [0.4, 0.5) is 0 Å². The molecule has 0 aliphatic heterocycles. The summed E-state index contributed by atoms with van der Waals surface area (Å²) in [6.45, 7) is 8.50. The van der Waals surface area contributed by atoms with Crippen LogP contribution in [0.15, 0.2) is 18.2 Å². The fourth-order valence-electron chi connectivity index (χ4n) is 5.38. The Bertz CT molecular complexity index is 646. The van der Waals surface area contributed by atoms with Crippen molar-refractivity contribution in [1.29, 1.82) is 0 Å². The van der Waals surface area contributed by atoms with E-state index in [9.17, 15) is 4.79 Å². The van der Waals surface area contributed by atoms with Crippen LogP contribution in [-0.2, 0) is 6.42 Å². The number of carbonyl (C=O) groups excluding carboxylic acids is 1. The minimum Gasteiger partial charge on any atom is -0.351 e. The van der Waals surface area contributed by atoms with Crippen molar-refractivity contribution >= 4 is 17.5 Å². The number of hydrogen-bond acceptors (Lipinski definition) is 2. The average molecular weight is 421 g/mol. The molecule has 2 saturated carbocycles. The molecular formula is C25H41ClN2O. The summed E-state index contributed by atoms with van der Waals surface area (Å²) in [6, 6.07) is 5.95. The van der Waals surface area contributed by atoms with Gasteiger partial charge in [0.2, 0.25) is 0 Å². The smallest absolute Gasteiger partial charge is 0.252 e. The quantitative estimate of drug-likeness (QED) is 0.505. The number of fused-ring (bicyclic) bond motifs is 2. The zero-order valence-corrected chi connectivity index (χ0v) is 18.5. The highest BCUT2D eigenvalue weighted by Crippen LogP contribution is 2.48. The van der Waals surface area contributed by atoms with Gasteiger partial charge < -0.3 is 10.2 Å². The van der Waals surface area contributed by atoms with Gasteiger partial charge in [0.25, 0.3) is 5.91 Å². The molecule has 0 unspecified atom stereocenters. The first kappa shape index (κ1) is 24.2. The summed E-state index contributed by atoms with van der Waals surface area (Å²) in [5, 5.41) is 3.81. The van der Waals surface area contributed by atoms with Crippen LogP contribution >= 0.6 is 11.6 Å². The van der Waals surface area contributed by atoms with E-state index in [-0.39, 0.29) is 13.3 Å². The van der Waals surface area contributed by atoms with Gasteiger partial charge in [-0.25, -0.2) is 0 Å². The van der Waals surface area contributed by atoms with Crippen molar-refractivity contribution in [1.82, 2.24) is 10.2 Å². The Morgan fingerprint density at radius 2 is 1.90 bits per heavy atom. The summed E-state index contributed by atoms with van der Waals surface area (Å²) in [4.78, 5) is 15.3. The second-order valence-electron chi connectivity index (χ2n) is 8.98. The molecule has 1 amide bonds. The van der Waals surface area contributed by atoms with Crippen LogP contribution in [0.1, 0.15) is 88.6 Å². The van der Waals surface area contributed by atoms with Crippen LogP contribution in [0, 0.1) is 11.3 Å². The summed E-state index contributed by atoms with van der Waals surface area (Å²) in [5.74, 6) is 0.884. The molecule has 4 heteroatoms. The molecule has 3 nitrogen and oxygen atoms in total. The maximum atomic E-state index is 12.9. The lowest BCUT2D eigenvalue weighted by molar-refractivity contribution is 0.0681. The Balaban J connectivity index is 0.00000300. The van der Waals surface area contributed by atoms with E-state index in [0.717, 1.165) is 44.9 Å². The highest BCUT2D eigenvalue weighted by molar-refractivity contribution is 6.33. The number of hydrogen-bond donors (Lipinski definition) is 1. The summed E-state index contributed by atoms with van der Waals surface area (Å²) < 4.78 is 0. The van der Waals surface area contributed by atoms with E-state index in [0.29, 0.717) is 16.0 Å². The number of amides is 1. The van der Waals surface area contributed by atoms with E-state index in [2.05, 4.69) is 30.1 Å². The van der Waals surface area contributed by atoms with Crippen LogP contribution in [0.3, 0.4) is 0 Å². The van der Waals surface area contributed by atoms with Crippen LogP contribution in [0.5, 0.6) is 0 Å². The molecule has 2 aliphatic carbocycles. The first-order valence-corrected chi connectivity index (χ1v) is 11.7. The highest BCUT2D eigenvalue weighted by Gasteiger charge is 2.39. The summed E-state index contributed by atoms with van der Waals surface area (Å²) >= 11 is 6.38. The number of nitrogens with zero attached hydrogens (tertiary/aromatic N) is 1. The SMILES string of the molecule is C.CCN(CC)CCCc1ccc(Cl)c(C(=O)NCC23CCCC(CCC2)C3)c1. The van der Waals surface area contributed by atoms with Gasteiger partial charge in [-0.05, 0) is 80.8 Å². The van der Waals surface area contributed by atoms with E-state index in [1.165, 1.54) is 50.5 Å². The van der Waals surface area contributed by atoms with Crippen molar-refractivity contribution in [2.75, 3.05) is 26.2 Å². The Morgan fingerprint density at radius 1 is 1.21 bits per heavy atom. The predicted molar refractivity (Wildman–Crippen MR) is 125 cm³/mol. The minimum absolute atomic E-state index is 0. The third-order valence-corrected chi connectivity index (χ3v) is 7.42. The molecule has 2 fully saturated rings. The Kier molecular flexibility index (Phi) is 9.49. The van der Waals surface area contributed by atoms with E-state index >= 15 is 0 Å². The maximum Gasteiger partial charge on any atom is 0.252 e. The van der Waals surface area contributed by atoms with E-state index < -0.39 is 0 Å². The zero-order chi connectivity index (χ0) is 20.0. The lowest BCUT2D eigenvalue weighted by atomic mass is 9.62. The van der Waals surface area contributed by atoms with Crippen LogP contribution in [0.25, 0.3) is 0 Å². The van der Waals surface area contributed by atoms with Gasteiger partial charge in [0.05, 0.1) is 10.6 Å². The molecule has 0 spiro atoms. The van der Waals surface area contributed by atoms with Gasteiger partial charge in [-0.3, -0.25) is 4.79 Å². The molecule has 0 atom stereocenters. The predicted octanol–water partition coefficient (Wildman–Crippen LogP) is 6.34. The molecule has 1 aromatic rings. The minimum atomic E-state index is -0.00216. The Labute approximate surface area is 183 Å². The Morgan fingerprint density at radius 3 is 2.55 bits per heavy atom. The fraction of sp³-hybridized carbons (Fsp3) is 0.720. The molecular weight excluding hydrogens is 380 g/mol. The van der Waals surface area contributed by atoms with Gasteiger partial charge in [-0.2, -0.15) is 0 Å². The average Bonchev–Trinajstić information content (AvgIpc) is 2.71. The second-order valence-corrected chi connectivity index (χ2v) is 9.39. The number of benzene rings is 1. The van der Waals surface area contributed by atoms with Crippen LogP contribution in [0.2, 0.25) is 5.02 Å². The van der Waals surface area contributed by atoms with Gasteiger partial charge in [0.15, 0.2) is 0 Å². The number of nitrogens with one attached hydrogen (secondary N) is 1. The first-order valence-electron chi connectivity index (χ1n) is 11.3. The second kappa shape index (κ2) is 11.4. The standard InChI is InChI=1S/C24H37ClN2O.CH4/c1-3-27(4-2)15-7-10-19-11-12-22(25)21(16-19)23(28)26-18-24-13-5-8-20(17-24)9-6-14-24;/h11-12,16,20H,3-10,13-15,17-18H2,1-2H3,(H,26,28);1H4. The largest absolute Gasteiger partial charge is 0.351 e.